The van der Waals surface area contributed by atoms with Gasteiger partial charge in [-0.3, -0.25) is 4.90 Å². The highest BCUT2D eigenvalue weighted by molar-refractivity contribution is 5.57. The highest BCUT2D eigenvalue weighted by atomic mass is 19.1. The van der Waals surface area contributed by atoms with Gasteiger partial charge >= 0.3 is 0 Å². The predicted molar refractivity (Wildman–Crippen MR) is 125 cm³/mol. The van der Waals surface area contributed by atoms with Crippen molar-refractivity contribution in [3.05, 3.63) is 71.7 Å². The van der Waals surface area contributed by atoms with Crippen molar-refractivity contribution in [3.63, 3.8) is 0 Å². The summed E-state index contributed by atoms with van der Waals surface area (Å²) in [6.45, 7) is 5.93. The van der Waals surface area contributed by atoms with Crippen molar-refractivity contribution < 1.29 is 9.50 Å². The summed E-state index contributed by atoms with van der Waals surface area (Å²) in [5.74, 6) is -0.274. The molecule has 2 aromatic carbocycles. The first kappa shape index (κ1) is 22.6. The molecule has 1 aromatic heterocycles. The van der Waals surface area contributed by atoms with Gasteiger partial charge in [-0.05, 0) is 56.1 Å². The van der Waals surface area contributed by atoms with Crippen molar-refractivity contribution in [1.29, 1.82) is 0 Å². The summed E-state index contributed by atoms with van der Waals surface area (Å²) >= 11 is 0. The molecule has 5 nitrogen and oxygen atoms in total. The Morgan fingerprint density at radius 3 is 2.50 bits per heavy atom. The normalized spacial score (nSPS) is 21.7. The molecule has 0 spiro atoms. The number of benzene rings is 2. The minimum Gasteiger partial charge on any atom is -0.390 e. The van der Waals surface area contributed by atoms with E-state index in [0.29, 0.717) is 12.2 Å². The van der Waals surface area contributed by atoms with Crippen LogP contribution in [0.2, 0.25) is 0 Å². The Kier molecular flexibility index (Phi) is 7.33. The Morgan fingerprint density at radius 1 is 1.03 bits per heavy atom. The van der Waals surface area contributed by atoms with Gasteiger partial charge in [0.2, 0.25) is 0 Å². The van der Waals surface area contributed by atoms with E-state index in [2.05, 4.69) is 53.3 Å². The average Bonchev–Trinajstić information content (AvgIpc) is 3.28. The SMILES string of the molecule is CCCCCCN1C[C@H](O)[C@@H](n2cc(-c3ccc(F)cc3)nn2)C[C@H]1c1ccc(C)cc1. The lowest BCUT2D eigenvalue weighted by atomic mass is 9.89. The molecule has 0 unspecified atom stereocenters. The molecule has 32 heavy (non-hydrogen) atoms. The summed E-state index contributed by atoms with van der Waals surface area (Å²) in [6.07, 6.45) is 6.94. The summed E-state index contributed by atoms with van der Waals surface area (Å²) in [6, 6.07) is 15.1. The van der Waals surface area contributed by atoms with Gasteiger partial charge in [-0.1, -0.05) is 61.2 Å². The quantitative estimate of drug-likeness (QED) is 0.486. The molecule has 170 valence electrons. The lowest BCUT2D eigenvalue weighted by Crippen LogP contribution is -2.46. The van der Waals surface area contributed by atoms with E-state index < -0.39 is 6.10 Å². The lowest BCUT2D eigenvalue weighted by Gasteiger charge is -2.42. The Morgan fingerprint density at radius 2 is 1.78 bits per heavy atom. The molecule has 6 heteroatoms. The van der Waals surface area contributed by atoms with Gasteiger partial charge < -0.3 is 5.11 Å². The molecular formula is C26H33FN4O. The van der Waals surface area contributed by atoms with E-state index in [1.807, 2.05) is 6.20 Å². The molecule has 4 rings (SSSR count). The first-order chi connectivity index (χ1) is 15.5. The van der Waals surface area contributed by atoms with Crippen LogP contribution in [0.25, 0.3) is 11.3 Å². The van der Waals surface area contributed by atoms with Crippen LogP contribution < -0.4 is 0 Å². The first-order valence-corrected chi connectivity index (χ1v) is 11.7. The molecule has 0 bridgehead atoms. The third-order valence-corrected chi connectivity index (χ3v) is 6.52. The lowest BCUT2D eigenvalue weighted by molar-refractivity contribution is -0.0102. The molecule has 0 amide bonds. The number of hydrogen-bond donors (Lipinski definition) is 1. The van der Waals surface area contributed by atoms with Gasteiger partial charge in [0.05, 0.1) is 18.3 Å². The standard InChI is InChI=1S/C26H33FN4O/c1-3-4-5-6-15-30-18-26(32)25(16-24(30)21-9-7-19(2)8-10-21)31-17-23(28-29-31)20-11-13-22(27)14-12-20/h7-14,17,24-26,32H,3-6,15-16,18H2,1-2H3/t24-,25-,26-/m0/s1. The van der Waals surface area contributed by atoms with Crippen molar-refractivity contribution in [1.82, 2.24) is 19.9 Å². The van der Waals surface area contributed by atoms with Crippen molar-refractivity contribution in [3.8, 4) is 11.3 Å². The number of nitrogens with zero attached hydrogens (tertiary/aromatic N) is 4. The number of halogens is 1. The molecule has 0 radical (unpaired) electrons. The summed E-state index contributed by atoms with van der Waals surface area (Å²) in [4.78, 5) is 2.43. The zero-order valence-electron chi connectivity index (χ0n) is 19.0. The van der Waals surface area contributed by atoms with Gasteiger partial charge in [-0.15, -0.1) is 5.10 Å². The number of aryl methyl sites for hydroxylation is 1. The van der Waals surface area contributed by atoms with E-state index in [9.17, 15) is 9.50 Å². The van der Waals surface area contributed by atoms with E-state index >= 15 is 0 Å². The Hall–Kier alpha value is -2.57. The maximum Gasteiger partial charge on any atom is 0.123 e. The molecule has 0 saturated carbocycles. The molecule has 1 fully saturated rings. The molecule has 1 saturated heterocycles. The van der Waals surface area contributed by atoms with Crippen LogP contribution in [0, 0.1) is 12.7 Å². The molecule has 1 aliphatic heterocycles. The average molecular weight is 437 g/mol. The second kappa shape index (κ2) is 10.4. The minimum atomic E-state index is -0.523. The van der Waals surface area contributed by atoms with Crippen LogP contribution >= 0.6 is 0 Å². The van der Waals surface area contributed by atoms with Crippen LogP contribution in [-0.4, -0.2) is 44.2 Å². The predicted octanol–water partition coefficient (Wildman–Crippen LogP) is 5.32. The fourth-order valence-corrected chi connectivity index (χ4v) is 4.62. The van der Waals surface area contributed by atoms with Gasteiger partial charge in [0.1, 0.15) is 11.5 Å². The third kappa shape index (κ3) is 5.25. The molecule has 3 atom stereocenters. The number of aliphatic hydroxyl groups is 1. The van der Waals surface area contributed by atoms with E-state index in [-0.39, 0.29) is 17.9 Å². The maximum absolute atomic E-state index is 13.3. The molecule has 2 heterocycles. The largest absolute Gasteiger partial charge is 0.390 e. The number of rotatable bonds is 8. The molecule has 1 aliphatic rings. The first-order valence-electron chi connectivity index (χ1n) is 11.7. The van der Waals surface area contributed by atoms with Gasteiger partial charge in [-0.2, -0.15) is 0 Å². The zero-order chi connectivity index (χ0) is 22.5. The number of β-amino-alcohol motifs (C(OH)–C–C–N with tert-alkyl or cyclic N) is 1. The van der Waals surface area contributed by atoms with Crippen LogP contribution in [0.4, 0.5) is 4.39 Å². The van der Waals surface area contributed by atoms with Gasteiger partial charge in [0, 0.05) is 18.2 Å². The van der Waals surface area contributed by atoms with E-state index in [1.54, 1.807) is 16.8 Å². The van der Waals surface area contributed by atoms with Crippen molar-refractivity contribution in [2.45, 2.75) is 64.1 Å². The summed E-state index contributed by atoms with van der Waals surface area (Å²) in [7, 11) is 0. The number of piperidine rings is 1. The van der Waals surface area contributed by atoms with Gasteiger partial charge in [0.15, 0.2) is 0 Å². The van der Waals surface area contributed by atoms with E-state index in [4.69, 9.17) is 0 Å². The molecule has 3 aromatic rings. The monoisotopic (exact) mass is 436 g/mol. The summed E-state index contributed by atoms with van der Waals surface area (Å²) in [5.41, 5.74) is 4.03. The van der Waals surface area contributed by atoms with Crippen molar-refractivity contribution in [2.75, 3.05) is 13.1 Å². The highest BCUT2D eigenvalue weighted by Crippen LogP contribution is 2.37. The van der Waals surface area contributed by atoms with Crippen LogP contribution in [0.15, 0.2) is 54.7 Å². The van der Waals surface area contributed by atoms with Crippen molar-refractivity contribution in [2.24, 2.45) is 0 Å². The summed E-state index contributed by atoms with van der Waals surface area (Å²) in [5, 5.41) is 19.7. The minimum absolute atomic E-state index is 0.158. The molecular weight excluding hydrogens is 403 g/mol. The summed E-state index contributed by atoms with van der Waals surface area (Å²) < 4.78 is 15.1. The highest BCUT2D eigenvalue weighted by Gasteiger charge is 2.36. The van der Waals surface area contributed by atoms with Crippen molar-refractivity contribution >= 4 is 0 Å². The molecule has 1 N–H and O–H groups in total. The van der Waals surface area contributed by atoms with Gasteiger partial charge in [-0.25, -0.2) is 9.07 Å². The smallest absolute Gasteiger partial charge is 0.123 e. The van der Waals surface area contributed by atoms with E-state index in [0.717, 1.165) is 24.9 Å². The van der Waals surface area contributed by atoms with Gasteiger partial charge in [0.25, 0.3) is 0 Å². The Labute approximate surface area is 189 Å². The second-order valence-electron chi connectivity index (χ2n) is 8.94. The Balaban J connectivity index is 1.55. The fraction of sp³-hybridized carbons (Fsp3) is 0.462. The molecule has 0 aliphatic carbocycles. The van der Waals surface area contributed by atoms with Crippen LogP contribution in [0.1, 0.15) is 62.2 Å². The maximum atomic E-state index is 13.3. The van der Waals surface area contributed by atoms with Crippen LogP contribution in [0.3, 0.4) is 0 Å². The van der Waals surface area contributed by atoms with Crippen LogP contribution in [-0.2, 0) is 0 Å². The number of hydrogen-bond acceptors (Lipinski definition) is 4. The fourth-order valence-electron chi connectivity index (χ4n) is 4.62. The Bertz CT molecular complexity index is 986. The third-order valence-electron chi connectivity index (χ3n) is 6.52. The second-order valence-corrected chi connectivity index (χ2v) is 8.94. The number of aliphatic hydroxyl groups excluding tert-OH is 1. The number of likely N-dealkylation sites (tertiary alicyclic amines) is 1. The number of unbranched alkanes of at least 4 members (excludes halogenated alkanes) is 3. The van der Waals surface area contributed by atoms with E-state index in [1.165, 1.54) is 42.5 Å². The number of aromatic nitrogens is 3. The van der Waals surface area contributed by atoms with Crippen LogP contribution in [0.5, 0.6) is 0 Å². The zero-order valence-corrected chi connectivity index (χ0v) is 19.0. The topological polar surface area (TPSA) is 54.2 Å².